The average molecular weight is 398 g/mol. The molecule has 1 atom stereocenters. The van der Waals surface area contributed by atoms with Gasteiger partial charge in [0.1, 0.15) is 5.75 Å². The third-order valence-corrected chi connectivity index (χ3v) is 4.91. The van der Waals surface area contributed by atoms with Gasteiger partial charge in [-0.05, 0) is 24.6 Å². The summed E-state index contributed by atoms with van der Waals surface area (Å²) in [7, 11) is -3.57. The molecule has 2 aromatic carbocycles. The summed E-state index contributed by atoms with van der Waals surface area (Å²) in [6, 6.07) is 11.9. The lowest BCUT2D eigenvalue weighted by atomic mass is 10.2. The van der Waals surface area contributed by atoms with Crippen LogP contribution >= 0.6 is 0 Å². The van der Waals surface area contributed by atoms with Crippen LogP contribution in [0, 0.1) is 11.6 Å². The van der Waals surface area contributed by atoms with Crippen LogP contribution in [0.2, 0.25) is 0 Å². The molecule has 0 bridgehead atoms. The zero-order valence-electron chi connectivity index (χ0n) is 14.6. The van der Waals surface area contributed by atoms with E-state index in [1.807, 2.05) is 6.07 Å². The van der Waals surface area contributed by atoms with E-state index in [4.69, 9.17) is 4.74 Å². The minimum atomic E-state index is -3.57. The Morgan fingerprint density at radius 3 is 2.48 bits per heavy atom. The van der Waals surface area contributed by atoms with Crippen LogP contribution in [0.25, 0.3) is 0 Å². The van der Waals surface area contributed by atoms with E-state index in [0.29, 0.717) is 0 Å². The maximum absolute atomic E-state index is 13.1. The Kier molecular flexibility index (Phi) is 7.26. The molecule has 2 rings (SSSR count). The number of benzene rings is 2. The molecule has 1 amide bonds. The number of sulfonamides is 1. The van der Waals surface area contributed by atoms with Crippen molar-refractivity contribution < 1.29 is 26.7 Å². The number of carbonyl (C=O) groups is 1. The van der Waals surface area contributed by atoms with E-state index >= 15 is 0 Å². The Labute approximate surface area is 156 Å². The fourth-order valence-electron chi connectivity index (χ4n) is 2.12. The SMILES string of the molecule is CC(Oc1ccc(F)c(F)c1)C(=O)NCCS(=O)(=O)NCc1ccccc1. The lowest BCUT2D eigenvalue weighted by Crippen LogP contribution is -2.40. The van der Waals surface area contributed by atoms with Gasteiger partial charge < -0.3 is 10.1 Å². The minimum Gasteiger partial charge on any atom is -0.481 e. The standard InChI is InChI=1S/C18H20F2N2O4S/c1-13(26-15-7-8-16(19)17(20)11-15)18(23)21-9-10-27(24,25)22-12-14-5-3-2-4-6-14/h2-8,11,13,22H,9-10,12H2,1H3,(H,21,23). The van der Waals surface area contributed by atoms with Crippen molar-refractivity contribution in [3.8, 4) is 5.75 Å². The summed E-state index contributed by atoms with van der Waals surface area (Å²) in [6.45, 7) is 1.46. The van der Waals surface area contributed by atoms with Crippen molar-refractivity contribution in [2.75, 3.05) is 12.3 Å². The Morgan fingerprint density at radius 1 is 1.11 bits per heavy atom. The Hall–Kier alpha value is -2.52. The van der Waals surface area contributed by atoms with Gasteiger partial charge in [0.05, 0.1) is 5.75 Å². The number of carbonyl (C=O) groups excluding carboxylic acids is 1. The highest BCUT2D eigenvalue weighted by Gasteiger charge is 2.17. The molecule has 0 saturated carbocycles. The predicted molar refractivity (Wildman–Crippen MR) is 96.5 cm³/mol. The first kappa shape index (κ1) is 20.8. The van der Waals surface area contributed by atoms with Gasteiger partial charge >= 0.3 is 0 Å². The fraction of sp³-hybridized carbons (Fsp3) is 0.278. The first-order chi connectivity index (χ1) is 12.8. The van der Waals surface area contributed by atoms with Gasteiger partial charge in [0.2, 0.25) is 10.0 Å². The van der Waals surface area contributed by atoms with Crippen LogP contribution < -0.4 is 14.8 Å². The van der Waals surface area contributed by atoms with Gasteiger partial charge in [-0.3, -0.25) is 4.79 Å². The molecule has 0 aliphatic rings. The second-order valence-corrected chi connectivity index (χ2v) is 7.68. The Morgan fingerprint density at radius 2 is 1.81 bits per heavy atom. The van der Waals surface area contributed by atoms with Crippen molar-refractivity contribution in [3.05, 3.63) is 65.7 Å². The average Bonchev–Trinajstić information content (AvgIpc) is 2.64. The third kappa shape index (κ3) is 6.95. The highest BCUT2D eigenvalue weighted by Crippen LogP contribution is 2.16. The molecular weight excluding hydrogens is 378 g/mol. The Bertz CT molecular complexity index is 876. The molecule has 0 aliphatic carbocycles. The van der Waals surface area contributed by atoms with Crippen LogP contribution in [-0.2, 0) is 21.4 Å². The van der Waals surface area contributed by atoms with Crippen LogP contribution in [0.4, 0.5) is 8.78 Å². The lowest BCUT2D eigenvalue weighted by Gasteiger charge is -2.15. The van der Waals surface area contributed by atoms with Gasteiger partial charge in [-0.2, -0.15) is 0 Å². The molecule has 6 nitrogen and oxygen atoms in total. The van der Waals surface area contributed by atoms with Crippen molar-refractivity contribution in [1.82, 2.24) is 10.0 Å². The van der Waals surface area contributed by atoms with Crippen molar-refractivity contribution in [2.45, 2.75) is 19.6 Å². The minimum absolute atomic E-state index is 0.00583. The van der Waals surface area contributed by atoms with E-state index < -0.39 is 33.7 Å². The van der Waals surface area contributed by atoms with Gasteiger partial charge in [-0.15, -0.1) is 0 Å². The summed E-state index contributed by atoms with van der Waals surface area (Å²) in [5.41, 5.74) is 0.818. The maximum Gasteiger partial charge on any atom is 0.260 e. The van der Waals surface area contributed by atoms with Gasteiger partial charge in [-0.25, -0.2) is 21.9 Å². The third-order valence-electron chi connectivity index (χ3n) is 3.58. The molecular formula is C18H20F2N2O4S. The molecule has 9 heteroatoms. The van der Waals surface area contributed by atoms with Gasteiger partial charge in [0.15, 0.2) is 17.7 Å². The van der Waals surface area contributed by atoms with E-state index in [1.165, 1.54) is 13.0 Å². The summed E-state index contributed by atoms with van der Waals surface area (Å²) in [5, 5.41) is 2.43. The summed E-state index contributed by atoms with van der Waals surface area (Å²) in [4.78, 5) is 11.9. The topological polar surface area (TPSA) is 84.5 Å². The summed E-state index contributed by atoms with van der Waals surface area (Å²) in [6.07, 6.45) is -1.00. The van der Waals surface area contributed by atoms with Crippen LogP contribution in [0.15, 0.2) is 48.5 Å². The molecule has 146 valence electrons. The van der Waals surface area contributed by atoms with Crippen molar-refractivity contribution >= 4 is 15.9 Å². The predicted octanol–water partition coefficient (Wildman–Crippen LogP) is 1.97. The first-order valence-electron chi connectivity index (χ1n) is 8.17. The number of nitrogens with one attached hydrogen (secondary N) is 2. The summed E-state index contributed by atoms with van der Waals surface area (Å²) >= 11 is 0. The zero-order chi connectivity index (χ0) is 19.9. The molecule has 1 unspecified atom stereocenters. The van der Waals surface area contributed by atoms with Crippen LogP contribution in [0.1, 0.15) is 12.5 Å². The Balaban J connectivity index is 1.76. The highest BCUT2D eigenvalue weighted by molar-refractivity contribution is 7.89. The van der Waals surface area contributed by atoms with Crippen molar-refractivity contribution in [1.29, 1.82) is 0 Å². The van der Waals surface area contributed by atoms with Gasteiger partial charge in [-0.1, -0.05) is 30.3 Å². The maximum atomic E-state index is 13.1. The second-order valence-electron chi connectivity index (χ2n) is 5.75. The number of amides is 1. The van der Waals surface area contributed by atoms with E-state index in [0.717, 1.165) is 17.7 Å². The number of hydrogen-bond acceptors (Lipinski definition) is 4. The molecule has 2 aromatic rings. The molecule has 0 fully saturated rings. The van der Waals surface area contributed by atoms with Crippen molar-refractivity contribution in [3.63, 3.8) is 0 Å². The van der Waals surface area contributed by atoms with Crippen LogP contribution in [0.3, 0.4) is 0 Å². The van der Waals surface area contributed by atoms with E-state index in [1.54, 1.807) is 24.3 Å². The molecule has 0 saturated heterocycles. The molecule has 2 N–H and O–H groups in total. The smallest absolute Gasteiger partial charge is 0.260 e. The summed E-state index contributed by atoms with van der Waals surface area (Å²) in [5.74, 6) is -2.99. The lowest BCUT2D eigenvalue weighted by molar-refractivity contribution is -0.127. The normalized spacial score (nSPS) is 12.4. The summed E-state index contributed by atoms with van der Waals surface area (Å²) < 4.78 is 57.6. The fourth-order valence-corrected chi connectivity index (χ4v) is 3.02. The monoisotopic (exact) mass is 398 g/mol. The van der Waals surface area contributed by atoms with E-state index in [9.17, 15) is 22.0 Å². The van der Waals surface area contributed by atoms with Crippen LogP contribution in [-0.4, -0.2) is 32.7 Å². The quantitative estimate of drug-likeness (QED) is 0.676. The molecule has 0 heterocycles. The largest absolute Gasteiger partial charge is 0.481 e. The number of hydrogen-bond donors (Lipinski definition) is 2. The van der Waals surface area contributed by atoms with E-state index in [-0.39, 0.29) is 24.6 Å². The van der Waals surface area contributed by atoms with Crippen LogP contribution in [0.5, 0.6) is 5.75 Å². The number of rotatable bonds is 9. The molecule has 0 spiro atoms. The molecule has 0 aliphatic heterocycles. The van der Waals surface area contributed by atoms with Crippen molar-refractivity contribution in [2.24, 2.45) is 0 Å². The molecule has 0 aromatic heterocycles. The zero-order valence-corrected chi connectivity index (χ0v) is 15.4. The van der Waals surface area contributed by atoms with Gasteiger partial charge in [0, 0.05) is 19.2 Å². The van der Waals surface area contributed by atoms with Gasteiger partial charge in [0.25, 0.3) is 5.91 Å². The highest BCUT2D eigenvalue weighted by atomic mass is 32.2. The molecule has 0 radical (unpaired) electrons. The van der Waals surface area contributed by atoms with E-state index in [2.05, 4.69) is 10.0 Å². The number of ether oxygens (including phenoxy) is 1. The molecule has 27 heavy (non-hydrogen) atoms. The second kappa shape index (κ2) is 9.43. The first-order valence-corrected chi connectivity index (χ1v) is 9.83. The number of halogens is 2.